The molecule has 0 spiro atoms. The molecule has 2 heterocycles. The van der Waals surface area contributed by atoms with Crippen LogP contribution in [0.3, 0.4) is 0 Å². The number of hydrogen-bond acceptors (Lipinski definition) is 8. The number of phenolic OH excluding ortho intramolecular Hbond substituents is 1. The van der Waals surface area contributed by atoms with E-state index < -0.39 is 9.84 Å². The maximum absolute atomic E-state index is 11.8. The van der Waals surface area contributed by atoms with Crippen LogP contribution in [0.2, 0.25) is 5.02 Å². The standard InChI is InChI=1S/C17H21ClN4O4S/c1-10-6-16(21-17(19)20-10)22-4-3-5-26-9-13(22)11-7-14(23)15(8-12(11)18)27(2,24)25/h6-8,13,23H,3-5,9H2,1-2H3,(H2,19,20,21). The van der Waals surface area contributed by atoms with Gasteiger partial charge in [-0.3, -0.25) is 0 Å². The molecule has 3 rings (SSSR count). The number of anilines is 2. The lowest BCUT2D eigenvalue weighted by Gasteiger charge is -2.31. The first-order valence-electron chi connectivity index (χ1n) is 8.35. The van der Waals surface area contributed by atoms with Gasteiger partial charge in [-0.15, -0.1) is 0 Å². The van der Waals surface area contributed by atoms with E-state index in [1.165, 1.54) is 12.1 Å². The average Bonchev–Trinajstić information content (AvgIpc) is 2.80. The molecule has 2 aromatic rings. The zero-order valence-electron chi connectivity index (χ0n) is 15.0. The number of ether oxygens (including phenoxy) is 1. The fourth-order valence-electron chi connectivity index (χ4n) is 3.14. The highest BCUT2D eigenvalue weighted by Crippen LogP contribution is 2.37. The van der Waals surface area contributed by atoms with Crippen molar-refractivity contribution in [3.05, 3.63) is 34.5 Å². The summed E-state index contributed by atoms with van der Waals surface area (Å²) in [7, 11) is -3.60. The van der Waals surface area contributed by atoms with E-state index in [2.05, 4.69) is 9.97 Å². The molecule has 1 saturated heterocycles. The first kappa shape index (κ1) is 19.7. The third-order valence-electron chi connectivity index (χ3n) is 4.33. The van der Waals surface area contributed by atoms with Gasteiger partial charge in [-0.25, -0.2) is 13.4 Å². The third-order valence-corrected chi connectivity index (χ3v) is 5.78. The van der Waals surface area contributed by atoms with Gasteiger partial charge in [0.05, 0.1) is 12.6 Å². The highest BCUT2D eigenvalue weighted by atomic mass is 35.5. The lowest BCUT2D eigenvalue weighted by Crippen LogP contribution is -2.32. The summed E-state index contributed by atoms with van der Waals surface area (Å²) in [6.07, 6.45) is 1.79. The van der Waals surface area contributed by atoms with Crippen LogP contribution in [0.15, 0.2) is 23.1 Å². The van der Waals surface area contributed by atoms with Crippen LogP contribution in [-0.4, -0.2) is 49.5 Å². The number of rotatable bonds is 3. The number of phenols is 1. The van der Waals surface area contributed by atoms with E-state index in [1.807, 2.05) is 17.9 Å². The van der Waals surface area contributed by atoms with Crippen molar-refractivity contribution in [3.8, 4) is 5.75 Å². The van der Waals surface area contributed by atoms with Gasteiger partial charge >= 0.3 is 0 Å². The fourth-order valence-corrected chi connectivity index (χ4v) is 4.27. The SMILES string of the molecule is Cc1cc(N2CCCOCC2c2cc(O)c(S(C)(=O)=O)cc2Cl)nc(N)n1. The number of nitrogens with two attached hydrogens (primary N) is 1. The van der Waals surface area contributed by atoms with E-state index in [0.29, 0.717) is 31.1 Å². The molecule has 27 heavy (non-hydrogen) atoms. The number of halogens is 1. The molecule has 0 aliphatic carbocycles. The van der Waals surface area contributed by atoms with Crippen molar-refractivity contribution >= 4 is 33.2 Å². The molecular weight excluding hydrogens is 392 g/mol. The van der Waals surface area contributed by atoms with E-state index in [-0.39, 0.29) is 27.7 Å². The second kappa shape index (κ2) is 7.49. The quantitative estimate of drug-likeness (QED) is 0.786. The maximum Gasteiger partial charge on any atom is 0.222 e. The van der Waals surface area contributed by atoms with E-state index in [0.717, 1.165) is 18.4 Å². The number of nitrogens with zero attached hydrogens (tertiary/aromatic N) is 3. The topological polar surface area (TPSA) is 119 Å². The first-order valence-corrected chi connectivity index (χ1v) is 10.6. The Morgan fingerprint density at radius 3 is 2.74 bits per heavy atom. The Hall–Kier alpha value is -2.10. The smallest absolute Gasteiger partial charge is 0.222 e. The van der Waals surface area contributed by atoms with Crippen LogP contribution in [0.25, 0.3) is 0 Å². The van der Waals surface area contributed by atoms with Crippen LogP contribution >= 0.6 is 11.6 Å². The first-order chi connectivity index (χ1) is 12.7. The number of sulfone groups is 1. The molecule has 3 N–H and O–H groups in total. The van der Waals surface area contributed by atoms with Gasteiger partial charge in [0.1, 0.15) is 16.5 Å². The second-order valence-electron chi connectivity index (χ2n) is 6.48. The number of hydrogen-bond donors (Lipinski definition) is 2. The Morgan fingerprint density at radius 2 is 2.07 bits per heavy atom. The molecule has 1 aromatic heterocycles. The molecular formula is C17H21ClN4O4S. The molecule has 10 heteroatoms. The molecule has 0 amide bonds. The summed E-state index contributed by atoms with van der Waals surface area (Å²) >= 11 is 6.39. The Morgan fingerprint density at radius 1 is 1.33 bits per heavy atom. The number of benzene rings is 1. The minimum absolute atomic E-state index is 0.162. The van der Waals surface area contributed by atoms with Crippen LogP contribution in [0, 0.1) is 6.92 Å². The average molecular weight is 413 g/mol. The molecule has 146 valence electrons. The largest absolute Gasteiger partial charge is 0.507 e. The van der Waals surface area contributed by atoms with Gasteiger partial charge in [0.15, 0.2) is 9.84 Å². The van der Waals surface area contributed by atoms with Crippen LogP contribution in [-0.2, 0) is 14.6 Å². The Kier molecular flexibility index (Phi) is 5.45. The summed E-state index contributed by atoms with van der Waals surface area (Å²) in [5, 5.41) is 10.5. The zero-order chi connectivity index (χ0) is 19.8. The second-order valence-corrected chi connectivity index (χ2v) is 8.87. The molecule has 1 unspecified atom stereocenters. The van der Waals surface area contributed by atoms with Crippen molar-refractivity contribution in [1.82, 2.24) is 9.97 Å². The number of aromatic nitrogens is 2. The summed E-state index contributed by atoms with van der Waals surface area (Å²) in [4.78, 5) is 10.2. The third kappa shape index (κ3) is 4.26. The van der Waals surface area contributed by atoms with E-state index in [9.17, 15) is 13.5 Å². The van der Waals surface area contributed by atoms with Gasteiger partial charge in [0.25, 0.3) is 0 Å². The fraction of sp³-hybridized carbons (Fsp3) is 0.412. The monoisotopic (exact) mass is 412 g/mol. The maximum atomic E-state index is 11.8. The van der Waals surface area contributed by atoms with Crippen molar-refractivity contribution in [1.29, 1.82) is 0 Å². The highest BCUT2D eigenvalue weighted by molar-refractivity contribution is 7.90. The van der Waals surface area contributed by atoms with Crippen molar-refractivity contribution in [2.45, 2.75) is 24.3 Å². The molecule has 1 aliphatic rings. The van der Waals surface area contributed by atoms with Gasteiger partial charge in [-0.05, 0) is 31.0 Å². The predicted molar refractivity (Wildman–Crippen MR) is 103 cm³/mol. The summed E-state index contributed by atoms with van der Waals surface area (Å²) in [6, 6.07) is 4.09. The highest BCUT2D eigenvalue weighted by Gasteiger charge is 2.29. The van der Waals surface area contributed by atoms with Gasteiger partial charge in [-0.2, -0.15) is 4.98 Å². The number of aryl methyl sites for hydroxylation is 1. The van der Waals surface area contributed by atoms with Crippen molar-refractivity contribution < 1.29 is 18.3 Å². The Labute approximate surface area is 162 Å². The molecule has 8 nitrogen and oxygen atoms in total. The van der Waals surface area contributed by atoms with Crippen molar-refractivity contribution in [3.63, 3.8) is 0 Å². The molecule has 0 radical (unpaired) electrons. The van der Waals surface area contributed by atoms with Gasteiger partial charge < -0.3 is 20.5 Å². The van der Waals surface area contributed by atoms with Crippen LogP contribution in [0.5, 0.6) is 5.75 Å². The lowest BCUT2D eigenvalue weighted by molar-refractivity contribution is 0.134. The van der Waals surface area contributed by atoms with Gasteiger partial charge in [0.2, 0.25) is 5.95 Å². The van der Waals surface area contributed by atoms with E-state index >= 15 is 0 Å². The summed E-state index contributed by atoms with van der Waals surface area (Å²) in [6.45, 7) is 3.33. The predicted octanol–water partition coefficient (Wildman–Crippen LogP) is 2.10. The number of nitrogen functional groups attached to an aromatic ring is 1. The lowest BCUT2D eigenvalue weighted by atomic mass is 10.0. The molecule has 1 aromatic carbocycles. The summed E-state index contributed by atoms with van der Waals surface area (Å²) < 4.78 is 29.3. The summed E-state index contributed by atoms with van der Waals surface area (Å²) in [5.41, 5.74) is 7.08. The zero-order valence-corrected chi connectivity index (χ0v) is 16.6. The minimum Gasteiger partial charge on any atom is -0.507 e. The van der Waals surface area contributed by atoms with Gasteiger partial charge in [0, 0.05) is 36.2 Å². The molecule has 1 fully saturated rings. The Bertz CT molecular complexity index is 947. The van der Waals surface area contributed by atoms with Crippen LogP contribution in [0.4, 0.5) is 11.8 Å². The summed E-state index contributed by atoms with van der Waals surface area (Å²) in [5.74, 6) is 0.438. The number of aromatic hydroxyl groups is 1. The molecule has 0 saturated carbocycles. The molecule has 1 atom stereocenters. The van der Waals surface area contributed by atoms with Gasteiger partial charge in [-0.1, -0.05) is 11.6 Å². The normalized spacial score (nSPS) is 18.3. The van der Waals surface area contributed by atoms with Crippen LogP contribution in [0.1, 0.15) is 23.7 Å². The van der Waals surface area contributed by atoms with E-state index in [1.54, 1.807) is 0 Å². The minimum atomic E-state index is -3.60. The molecule has 0 bridgehead atoms. The van der Waals surface area contributed by atoms with Crippen molar-refractivity contribution in [2.75, 3.05) is 36.6 Å². The van der Waals surface area contributed by atoms with Crippen LogP contribution < -0.4 is 10.6 Å². The van der Waals surface area contributed by atoms with Crippen molar-refractivity contribution in [2.24, 2.45) is 0 Å². The van der Waals surface area contributed by atoms with E-state index in [4.69, 9.17) is 22.1 Å². The Balaban J connectivity index is 2.10. The molecule has 1 aliphatic heterocycles.